The summed E-state index contributed by atoms with van der Waals surface area (Å²) >= 11 is 15.9. The number of amides is 2. The molecule has 1 fully saturated rings. The molecule has 0 radical (unpaired) electrons. The topological polar surface area (TPSA) is 58.6 Å². The molecule has 0 aliphatic heterocycles. The minimum atomic E-state index is -0.727. The first-order valence-corrected chi connectivity index (χ1v) is 14.4. The molecule has 0 aromatic heterocycles. The Morgan fingerprint density at radius 3 is 2.39 bits per heavy atom. The van der Waals surface area contributed by atoms with Gasteiger partial charge >= 0.3 is 0 Å². The molecule has 5 nitrogen and oxygen atoms in total. The van der Waals surface area contributed by atoms with Gasteiger partial charge in [-0.2, -0.15) is 0 Å². The highest BCUT2D eigenvalue weighted by molar-refractivity contribution is 9.10. The Bertz CT molecular complexity index is 1240. The van der Waals surface area contributed by atoms with Crippen molar-refractivity contribution in [3.63, 3.8) is 0 Å². The summed E-state index contributed by atoms with van der Waals surface area (Å²) in [7, 11) is 0. The third-order valence-corrected chi connectivity index (χ3v) is 7.73. The summed E-state index contributed by atoms with van der Waals surface area (Å²) < 4.78 is 6.64. The van der Waals surface area contributed by atoms with E-state index < -0.39 is 6.04 Å². The number of hydrogen-bond donors (Lipinski definition) is 1. The number of rotatable bonds is 10. The van der Waals surface area contributed by atoms with Crippen LogP contribution < -0.4 is 10.1 Å². The number of nitrogens with zero attached hydrogens (tertiary/aromatic N) is 1. The van der Waals surface area contributed by atoms with Gasteiger partial charge in [0.15, 0.2) is 6.61 Å². The molecule has 1 saturated carbocycles. The Morgan fingerprint density at radius 2 is 1.68 bits per heavy atom. The van der Waals surface area contributed by atoms with Crippen molar-refractivity contribution in [3.8, 4) is 5.75 Å². The van der Waals surface area contributed by atoms with Gasteiger partial charge in [-0.3, -0.25) is 9.59 Å². The van der Waals surface area contributed by atoms with Crippen LogP contribution >= 0.6 is 39.1 Å². The van der Waals surface area contributed by atoms with Gasteiger partial charge in [0.2, 0.25) is 5.91 Å². The van der Waals surface area contributed by atoms with E-state index in [0.717, 1.165) is 41.3 Å². The summed E-state index contributed by atoms with van der Waals surface area (Å²) in [6, 6.07) is 21.7. The van der Waals surface area contributed by atoms with Gasteiger partial charge in [0.1, 0.15) is 11.8 Å². The van der Waals surface area contributed by atoms with Crippen molar-refractivity contribution in [1.82, 2.24) is 10.2 Å². The molecular weight excluding hydrogens is 587 g/mol. The molecule has 1 N–H and O–H groups in total. The Labute approximate surface area is 242 Å². The molecule has 0 bridgehead atoms. The first kappa shape index (κ1) is 28.5. The third kappa shape index (κ3) is 8.23. The maximum absolute atomic E-state index is 13.8. The zero-order chi connectivity index (χ0) is 26.9. The fourth-order valence-corrected chi connectivity index (χ4v) is 5.69. The van der Waals surface area contributed by atoms with Gasteiger partial charge in [-0.25, -0.2) is 0 Å². The van der Waals surface area contributed by atoms with Crippen LogP contribution in [0, 0.1) is 0 Å². The average molecular weight is 618 g/mol. The lowest BCUT2D eigenvalue weighted by atomic mass is 9.94. The summed E-state index contributed by atoms with van der Waals surface area (Å²) in [5, 5.41) is 4.20. The maximum Gasteiger partial charge on any atom is 0.261 e. The van der Waals surface area contributed by atoms with Crippen molar-refractivity contribution in [2.45, 2.75) is 57.2 Å². The van der Waals surface area contributed by atoms with E-state index in [2.05, 4.69) is 21.2 Å². The highest BCUT2D eigenvalue weighted by atomic mass is 79.9. The standard InChI is InChI=1S/C30H31BrCl2N2O3/c31-23-14-15-28(26(33)18-23)38-20-29(36)35(19-22-10-7-11-24(32)16-22)27(17-21-8-3-1-4-9-21)30(37)34-25-12-5-2-6-13-25/h1,3-4,7-11,14-16,18,25,27H,2,5-6,12-13,17,19-20H2,(H,34,37). The second-order valence-electron chi connectivity index (χ2n) is 9.56. The molecule has 4 rings (SSSR count). The van der Waals surface area contributed by atoms with Crippen LogP contribution in [0.4, 0.5) is 0 Å². The summed E-state index contributed by atoms with van der Waals surface area (Å²) in [6.45, 7) is -0.0453. The largest absolute Gasteiger partial charge is 0.482 e. The molecule has 38 heavy (non-hydrogen) atoms. The van der Waals surface area contributed by atoms with E-state index in [1.165, 1.54) is 6.42 Å². The fourth-order valence-electron chi connectivity index (χ4n) is 4.74. The smallest absolute Gasteiger partial charge is 0.261 e. The van der Waals surface area contributed by atoms with Crippen LogP contribution in [0.3, 0.4) is 0 Å². The molecule has 3 aromatic rings. The molecule has 0 spiro atoms. The van der Waals surface area contributed by atoms with Crippen molar-refractivity contribution in [2.24, 2.45) is 0 Å². The van der Waals surface area contributed by atoms with E-state index in [9.17, 15) is 9.59 Å². The number of hydrogen-bond acceptors (Lipinski definition) is 3. The molecular formula is C30H31BrCl2N2O3. The summed E-state index contributed by atoms with van der Waals surface area (Å²) in [5.74, 6) is -0.0707. The summed E-state index contributed by atoms with van der Waals surface area (Å²) in [4.78, 5) is 29.1. The highest BCUT2D eigenvalue weighted by Crippen LogP contribution is 2.28. The van der Waals surface area contributed by atoms with E-state index >= 15 is 0 Å². The van der Waals surface area contributed by atoms with Crippen LogP contribution in [0.5, 0.6) is 5.75 Å². The van der Waals surface area contributed by atoms with Crippen molar-refractivity contribution in [1.29, 1.82) is 0 Å². The van der Waals surface area contributed by atoms with Crippen molar-refractivity contribution >= 4 is 50.9 Å². The molecule has 1 aliphatic carbocycles. The lowest BCUT2D eigenvalue weighted by Gasteiger charge is -2.33. The number of halogens is 3. The molecule has 1 aliphatic rings. The maximum atomic E-state index is 13.8. The zero-order valence-corrected chi connectivity index (χ0v) is 24.1. The Hall–Kier alpha value is -2.54. The molecule has 8 heteroatoms. The van der Waals surface area contributed by atoms with E-state index in [1.54, 1.807) is 29.2 Å². The lowest BCUT2D eigenvalue weighted by Crippen LogP contribution is -2.53. The third-order valence-electron chi connectivity index (χ3n) is 6.71. The van der Waals surface area contributed by atoms with Gasteiger partial charge in [0, 0.05) is 28.5 Å². The number of carbonyl (C=O) groups is 2. The van der Waals surface area contributed by atoms with Crippen LogP contribution in [0.15, 0.2) is 77.3 Å². The van der Waals surface area contributed by atoms with Gasteiger partial charge in [0.25, 0.3) is 5.91 Å². The normalized spacial score (nSPS) is 14.5. The van der Waals surface area contributed by atoms with E-state index in [0.29, 0.717) is 22.2 Å². The summed E-state index contributed by atoms with van der Waals surface area (Å²) in [5.41, 5.74) is 1.80. The fraction of sp³-hybridized carbons (Fsp3) is 0.333. The first-order chi connectivity index (χ1) is 18.4. The van der Waals surface area contributed by atoms with Crippen molar-refractivity contribution < 1.29 is 14.3 Å². The van der Waals surface area contributed by atoms with Gasteiger partial charge in [-0.05, 0) is 54.3 Å². The van der Waals surface area contributed by atoms with Gasteiger partial charge in [0.05, 0.1) is 5.02 Å². The van der Waals surface area contributed by atoms with Crippen LogP contribution in [-0.2, 0) is 22.6 Å². The molecule has 1 unspecified atom stereocenters. The lowest BCUT2D eigenvalue weighted by molar-refractivity contribution is -0.143. The Morgan fingerprint density at radius 1 is 0.947 bits per heavy atom. The molecule has 200 valence electrons. The van der Waals surface area contributed by atoms with Crippen LogP contribution in [0.25, 0.3) is 0 Å². The minimum Gasteiger partial charge on any atom is -0.482 e. The quantitative estimate of drug-likeness (QED) is 0.261. The predicted molar refractivity (Wildman–Crippen MR) is 156 cm³/mol. The number of ether oxygens (including phenoxy) is 1. The van der Waals surface area contributed by atoms with E-state index in [4.69, 9.17) is 27.9 Å². The summed E-state index contributed by atoms with van der Waals surface area (Å²) in [6.07, 6.45) is 5.68. The first-order valence-electron chi connectivity index (χ1n) is 12.8. The minimum absolute atomic E-state index is 0.121. The molecule has 0 heterocycles. The van der Waals surface area contributed by atoms with Crippen LogP contribution in [-0.4, -0.2) is 35.4 Å². The molecule has 2 amide bonds. The van der Waals surface area contributed by atoms with Gasteiger partial charge < -0.3 is 15.0 Å². The second-order valence-corrected chi connectivity index (χ2v) is 11.3. The zero-order valence-electron chi connectivity index (χ0n) is 21.0. The Kier molecular flexibility index (Phi) is 10.5. The van der Waals surface area contributed by atoms with Crippen molar-refractivity contribution in [2.75, 3.05) is 6.61 Å². The van der Waals surface area contributed by atoms with E-state index in [-0.39, 0.29) is 31.0 Å². The predicted octanol–water partition coefficient (Wildman–Crippen LogP) is 7.22. The average Bonchev–Trinajstić information content (AvgIpc) is 2.91. The van der Waals surface area contributed by atoms with Crippen molar-refractivity contribution in [3.05, 3.63) is 98.4 Å². The molecule has 0 saturated heterocycles. The SMILES string of the molecule is O=C(NC1CCCCC1)C(Cc1ccccc1)N(Cc1cccc(Cl)c1)C(=O)COc1ccc(Br)cc1Cl. The molecule has 1 atom stereocenters. The van der Waals surface area contributed by atoms with Crippen LogP contribution in [0.1, 0.15) is 43.2 Å². The Balaban J connectivity index is 1.62. The van der Waals surface area contributed by atoms with Gasteiger partial charge in [-0.15, -0.1) is 0 Å². The molecule has 3 aromatic carbocycles. The van der Waals surface area contributed by atoms with Gasteiger partial charge in [-0.1, -0.05) is 101 Å². The highest BCUT2D eigenvalue weighted by Gasteiger charge is 2.32. The van der Waals surface area contributed by atoms with E-state index in [1.807, 2.05) is 48.5 Å². The number of nitrogens with one attached hydrogen (secondary N) is 1. The monoisotopic (exact) mass is 616 g/mol. The van der Waals surface area contributed by atoms with Crippen LogP contribution in [0.2, 0.25) is 10.0 Å². The second kappa shape index (κ2) is 14.0. The number of carbonyl (C=O) groups excluding carboxylic acids is 2. The number of benzene rings is 3.